The Labute approximate surface area is 144 Å². The Bertz CT molecular complexity index is 832. The second kappa shape index (κ2) is 7.23. The summed E-state index contributed by atoms with van der Waals surface area (Å²) in [5.41, 5.74) is 3.73. The third kappa shape index (κ3) is 3.97. The van der Waals surface area contributed by atoms with Crippen LogP contribution in [0.2, 0.25) is 0 Å². The highest BCUT2D eigenvalue weighted by atomic mass is 32.1. The Balaban J connectivity index is 1.66. The van der Waals surface area contributed by atoms with E-state index in [1.807, 2.05) is 55.6 Å². The molecule has 2 heterocycles. The number of thiazole rings is 1. The number of benzene rings is 1. The molecule has 0 aliphatic heterocycles. The van der Waals surface area contributed by atoms with E-state index in [4.69, 9.17) is 0 Å². The number of carbonyl (C=O) groups is 1. The van der Waals surface area contributed by atoms with Crippen molar-refractivity contribution in [2.24, 2.45) is 0 Å². The lowest BCUT2D eigenvalue weighted by Crippen LogP contribution is -2.31. The van der Waals surface area contributed by atoms with Crippen LogP contribution >= 0.6 is 11.3 Å². The van der Waals surface area contributed by atoms with Crippen LogP contribution in [0, 0.1) is 6.92 Å². The van der Waals surface area contributed by atoms with Crippen molar-refractivity contribution in [2.45, 2.75) is 19.9 Å². The van der Waals surface area contributed by atoms with Crippen LogP contribution in [0.5, 0.6) is 0 Å². The maximum Gasteiger partial charge on any atom is 0.319 e. The summed E-state index contributed by atoms with van der Waals surface area (Å²) in [6.45, 7) is 3.90. The van der Waals surface area contributed by atoms with Crippen LogP contribution in [0.25, 0.3) is 10.6 Å². The number of hydrogen-bond acceptors (Lipinski definition) is 4. The lowest BCUT2D eigenvalue weighted by molar-refractivity contribution is 0.249. The average molecular weight is 338 g/mol. The van der Waals surface area contributed by atoms with Crippen LogP contribution in [-0.4, -0.2) is 16.0 Å². The summed E-state index contributed by atoms with van der Waals surface area (Å²) in [6, 6.07) is 11.1. The molecule has 0 spiro atoms. The zero-order chi connectivity index (χ0) is 16.9. The van der Waals surface area contributed by atoms with Crippen molar-refractivity contribution >= 4 is 23.1 Å². The topological polar surface area (TPSA) is 66.9 Å². The van der Waals surface area contributed by atoms with Crippen molar-refractivity contribution in [1.29, 1.82) is 0 Å². The first-order valence-electron chi connectivity index (χ1n) is 7.62. The molecule has 3 rings (SSSR count). The summed E-state index contributed by atoms with van der Waals surface area (Å²) in [5, 5.41) is 8.75. The molecule has 0 saturated heterocycles. The number of aryl methyl sites for hydroxylation is 1. The molecule has 122 valence electrons. The molecule has 2 amide bonds. The fourth-order valence-corrected chi connectivity index (χ4v) is 3.11. The van der Waals surface area contributed by atoms with E-state index in [9.17, 15) is 4.79 Å². The van der Waals surface area contributed by atoms with Gasteiger partial charge in [0.25, 0.3) is 0 Å². The van der Waals surface area contributed by atoms with E-state index < -0.39 is 0 Å². The molecule has 3 aromatic rings. The number of nitrogens with one attached hydrogen (secondary N) is 2. The number of hydrogen-bond donors (Lipinski definition) is 2. The molecule has 0 radical (unpaired) electrons. The first-order valence-corrected chi connectivity index (χ1v) is 8.50. The Hall–Kier alpha value is -2.73. The average Bonchev–Trinajstić information content (AvgIpc) is 3.02. The van der Waals surface area contributed by atoms with Gasteiger partial charge in [-0.25, -0.2) is 9.78 Å². The molecule has 0 aliphatic rings. The molecule has 0 bridgehead atoms. The SMILES string of the molecule is Cc1csc(-c2cccc(NC(=O)N[C@@H](C)c3ccncc3)c2)n1. The molecular weight excluding hydrogens is 320 g/mol. The van der Waals surface area contributed by atoms with Gasteiger partial charge in [0.2, 0.25) is 0 Å². The normalized spacial score (nSPS) is 11.8. The van der Waals surface area contributed by atoms with Gasteiger partial charge in [0.05, 0.1) is 6.04 Å². The fourth-order valence-electron chi connectivity index (χ4n) is 2.32. The molecule has 0 unspecified atom stereocenters. The van der Waals surface area contributed by atoms with Crippen LogP contribution in [0.15, 0.2) is 54.2 Å². The van der Waals surface area contributed by atoms with E-state index in [1.54, 1.807) is 23.7 Å². The Morgan fingerprint density at radius 3 is 2.71 bits per heavy atom. The minimum atomic E-state index is -0.244. The summed E-state index contributed by atoms with van der Waals surface area (Å²) in [5.74, 6) is 0. The van der Waals surface area contributed by atoms with Crippen LogP contribution in [-0.2, 0) is 0 Å². The highest BCUT2D eigenvalue weighted by Gasteiger charge is 2.10. The quantitative estimate of drug-likeness (QED) is 0.741. The predicted molar refractivity (Wildman–Crippen MR) is 97.1 cm³/mol. The summed E-state index contributed by atoms with van der Waals surface area (Å²) < 4.78 is 0. The van der Waals surface area contributed by atoms with E-state index >= 15 is 0 Å². The molecule has 0 fully saturated rings. The molecular formula is C18H18N4OS. The van der Waals surface area contributed by atoms with Gasteiger partial charge in [-0.1, -0.05) is 12.1 Å². The van der Waals surface area contributed by atoms with Gasteiger partial charge in [0.15, 0.2) is 0 Å². The third-order valence-corrected chi connectivity index (χ3v) is 4.55. The molecule has 2 aromatic heterocycles. The van der Waals surface area contributed by atoms with E-state index in [0.29, 0.717) is 0 Å². The van der Waals surface area contributed by atoms with Gasteiger partial charge in [0, 0.05) is 34.7 Å². The number of aromatic nitrogens is 2. The molecule has 1 aromatic carbocycles. The first kappa shape index (κ1) is 16.1. The summed E-state index contributed by atoms with van der Waals surface area (Å²) >= 11 is 1.59. The minimum Gasteiger partial charge on any atom is -0.331 e. The predicted octanol–water partition coefficient (Wildman–Crippen LogP) is 4.40. The van der Waals surface area contributed by atoms with Gasteiger partial charge in [-0.15, -0.1) is 11.3 Å². The van der Waals surface area contributed by atoms with Crippen molar-refractivity contribution < 1.29 is 4.79 Å². The minimum absolute atomic E-state index is 0.0993. The van der Waals surface area contributed by atoms with Crippen molar-refractivity contribution in [3.05, 3.63) is 65.4 Å². The van der Waals surface area contributed by atoms with E-state index in [0.717, 1.165) is 27.5 Å². The molecule has 0 saturated carbocycles. The lowest BCUT2D eigenvalue weighted by atomic mass is 10.1. The zero-order valence-electron chi connectivity index (χ0n) is 13.5. The maximum absolute atomic E-state index is 12.2. The molecule has 5 nitrogen and oxygen atoms in total. The molecule has 2 N–H and O–H groups in total. The van der Waals surface area contributed by atoms with Gasteiger partial charge < -0.3 is 10.6 Å². The smallest absolute Gasteiger partial charge is 0.319 e. The summed E-state index contributed by atoms with van der Waals surface area (Å²) in [6.07, 6.45) is 3.43. The number of carbonyl (C=O) groups excluding carboxylic acids is 1. The highest BCUT2D eigenvalue weighted by Crippen LogP contribution is 2.25. The van der Waals surface area contributed by atoms with Crippen molar-refractivity contribution in [2.75, 3.05) is 5.32 Å². The third-order valence-electron chi connectivity index (χ3n) is 3.54. The first-order chi connectivity index (χ1) is 11.6. The second-order valence-corrected chi connectivity index (χ2v) is 6.33. The van der Waals surface area contributed by atoms with Crippen molar-refractivity contribution in [1.82, 2.24) is 15.3 Å². The monoisotopic (exact) mass is 338 g/mol. The summed E-state index contributed by atoms with van der Waals surface area (Å²) in [7, 11) is 0. The molecule has 24 heavy (non-hydrogen) atoms. The Kier molecular flexibility index (Phi) is 4.86. The number of pyridine rings is 1. The van der Waals surface area contributed by atoms with Crippen molar-refractivity contribution in [3.8, 4) is 10.6 Å². The maximum atomic E-state index is 12.2. The molecule has 1 atom stereocenters. The Morgan fingerprint density at radius 1 is 1.21 bits per heavy atom. The van der Waals surface area contributed by atoms with Crippen molar-refractivity contribution in [3.63, 3.8) is 0 Å². The van der Waals surface area contributed by atoms with Gasteiger partial charge in [-0.3, -0.25) is 4.98 Å². The van der Waals surface area contributed by atoms with Gasteiger partial charge in [-0.2, -0.15) is 0 Å². The van der Waals surface area contributed by atoms with E-state index in [2.05, 4.69) is 20.6 Å². The van der Waals surface area contributed by atoms with E-state index in [-0.39, 0.29) is 12.1 Å². The number of amides is 2. The number of urea groups is 1. The fraction of sp³-hybridized carbons (Fsp3) is 0.167. The number of rotatable bonds is 4. The largest absolute Gasteiger partial charge is 0.331 e. The number of nitrogens with zero attached hydrogens (tertiary/aromatic N) is 2. The van der Waals surface area contributed by atoms with Gasteiger partial charge in [-0.05, 0) is 43.7 Å². The van der Waals surface area contributed by atoms with Gasteiger partial charge in [0.1, 0.15) is 5.01 Å². The zero-order valence-corrected chi connectivity index (χ0v) is 14.3. The van der Waals surface area contributed by atoms with Crippen LogP contribution in [0.4, 0.5) is 10.5 Å². The number of anilines is 1. The molecule has 0 aliphatic carbocycles. The standard InChI is InChI=1S/C18H18N4OS/c1-12-11-24-17(20-12)15-4-3-5-16(10-15)22-18(23)21-13(2)14-6-8-19-9-7-14/h3-11,13H,1-2H3,(H2,21,22,23)/t13-/m0/s1. The molecule has 6 heteroatoms. The summed E-state index contributed by atoms with van der Waals surface area (Å²) in [4.78, 5) is 20.7. The van der Waals surface area contributed by atoms with Crippen LogP contribution in [0.1, 0.15) is 24.2 Å². The Morgan fingerprint density at radius 2 is 2.00 bits per heavy atom. The van der Waals surface area contributed by atoms with Crippen LogP contribution in [0.3, 0.4) is 0 Å². The van der Waals surface area contributed by atoms with Gasteiger partial charge >= 0.3 is 6.03 Å². The lowest BCUT2D eigenvalue weighted by Gasteiger charge is -2.15. The van der Waals surface area contributed by atoms with Crippen LogP contribution < -0.4 is 10.6 Å². The van der Waals surface area contributed by atoms with E-state index in [1.165, 1.54) is 0 Å². The second-order valence-electron chi connectivity index (χ2n) is 5.48. The highest BCUT2D eigenvalue weighted by molar-refractivity contribution is 7.13.